The molecule has 0 aliphatic heterocycles. The van der Waals surface area contributed by atoms with Crippen molar-refractivity contribution >= 4 is 57.2 Å². The lowest BCUT2D eigenvalue weighted by Crippen LogP contribution is -2.37. The smallest absolute Gasteiger partial charge is 0.191 e. The molecule has 0 atom stereocenters. The summed E-state index contributed by atoms with van der Waals surface area (Å²) in [5, 5.41) is 7.55. The van der Waals surface area contributed by atoms with E-state index in [1.807, 2.05) is 12.3 Å². The quantitative estimate of drug-likeness (QED) is 0.338. The molecule has 0 unspecified atom stereocenters. The Kier molecular flexibility index (Phi) is 9.75. The topological polar surface area (TPSA) is 49.3 Å². The third-order valence-corrected chi connectivity index (χ3v) is 4.85. The van der Waals surface area contributed by atoms with Gasteiger partial charge in [0.25, 0.3) is 0 Å². The first-order valence-electron chi connectivity index (χ1n) is 7.43. The molecule has 24 heavy (non-hydrogen) atoms. The number of hydrogen-bond acceptors (Lipinski definition) is 3. The van der Waals surface area contributed by atoms with E-state index in [2.05, 4.69) is 43.5 Å². The number of hydrogen-bond donors (Lipinski definition) is 2. The highest BCUT2D eigenvalue weighted by atomic mass is 127. The molecular weight excluding hydrogens is 506 g/mol. The number of benzene rings is 1. The van der Waals surface area contributed by atoms with E-state index in [0.29, 0.717) is 12.5 Å². The molecule has 2 aromatic rings. The standard InChI is InChI=1S/C16H20BrFN4S.HI/c1-3-14-10-21-15(23-14)4-5-20-16(19-2)22-9-11-6-12(17)8-13(18)7-11;/h6-8,10H,3-5,9H2,1-2H3,(H2,19,20,22);1H. The Labute approximate surface area is 171 Å². The summed E-state index contributed by atoms with van der Waals surface area (Å²) >= 11 is 5.04. The average molecular weight is 527 g/mol. The fourth-order valence-electron chi connectivity index (χ4n) is 2.03. The number of guanidine groups is 1. The van der Waals surface area contributed by atoms with Crippen LogP contribution in [0.25, 0.3) is 0 Å². The van der Waals surface area contributed by atoms with E-state index in [1.165, 1.54) is 17.0 Å². The van der Waals surface area contributed by atoms with Gasteiger partial charge in [-0.05, 0) is 30.2 Å². The Bertz CT molecular complexity index is 658. The van der Waals surface area contributed by atoms with Gasteiger partial charge in [0.1, 0.15) is 5.82 Å². The normalized spacial score (nSPS) is 11.1. The van der Waals surface area contributed by atoms with E-state index < -0.39 is 0 Å². The van der Waals surface area contributed by atoms with E-state index in [0.717, 1.165) is 34.4 Å². The number of rotatable bonds is 6. The summed E-state index contributed by atoms with van der Waals surface area (Å²) in [5.41, 5.74) is 0.854. The monoisotopic (exact) mass is 526 g/mol. The molecule has 0 spiro atoms. The van der Waals surface area contributed by atoms with E-state index in [-0.39, 0.29) is 29.8 Å². The number of nitrogens with zero attached hydrogens (tertiary/aromatic N) is 2. The molecule has 0 radical (unpaired) electrons. The van der Waals surface area contributed by atoms with E-state index in [9.17, 15) is 4.39 Å². The number of nitrogens with one attached hydrogen (secondary N) is 2. The van der Waals surface area contributed by atoms with Gasteiger partial charge in [-0.25, -0.2) is 9.37 Å². The summed E-state index contributed by atoms with van der Waals surface area (Å²) in [7, 11) is 1.72. The maximum Gasteiger partial charge on any atom is 0.191 e. The molecule has 132 valence electrons. The molecule has 1 aromatic carbocycles. The van der Waals surface area contributed by atoms with Crippen molar-refractivity contribution in [3.8, 4) is 0 Å². The highest BCUT2D eigenvalue weighted by Crippen LogP contribution is 2.15. The van der Waals surface area contributed by atoms with Crippen LogP contribution in [0.4, 0.5) is 4.39 Å². The molecule has 2 rings (SSSR count). The summed E-state index contributed by atoms with van der Waals surface area (Å²) < 4.78 is 14.1. The van der Waals surface area contributed by atoms with Gasteiger partial charge in [-0.3, -0.25) is 4.99 Å². The first kappa shape index (κ1) is 21.3. The van der Waals surface area contributed by atoms with Crippen molar-refractivity contribution < 1.29 is 4.39 Å². The third kappa shape index (κ3) is 7.02. The minimum absolute atomic E-state index is 0. The molecule has 0 fully saturated rings. The minimum Gasteiger partial charge on any atom is -0.356 e. The van der Waals surface area contributed by atoms with Gasteiger partial charge in [-0.15, -0.1) is 35.3 Å². The van der Waals surface area contributed by atoms with Gasteiger partial charge >= 0.3 is 0 Å². The Balaban J connectivity index is 0.00000288. The van der Waals surface area contributed by atoms with Crippen molar-refractivity contribution in [1.82, 2.24) is 15.6 Å². The number of aromatic nitrogens is 1. The molecule has 1 heterocycles. The highest BCUT2D eigenvalue weighted by molar-refractivity contribution is 14.0. The van der Waals surface area contributed by atoms with Gasteiger partial charge in [-0.1, -0.05) is 22.9 Å². The largest absolute Gasteiger partial charge is 0.356 e. The molecule has 0 aliphatic carbocycles. The van der Waals surface area contributed by atoms with Crippen molar-refractivity contribution in [1.29, 1.82) is 0 Å². The van der Waals surface area contributed by atoms with Crippen molar-refractivity contribution in [2.75, 3.05) is 13.6 Å². The minimum atomic E-state index is -0.255. The molecule has 0 saturated carbocycles. The zero-order valence-corrected chi connectivity index (χ0v) is 18.3. The molecule has 1 aromatic heterocycles. The maximum absolute atomic E-state index is 13.3. The summed E-state index contributed by atoms with van der Waals surface area (Å²) in [4.78, 5) is 9.87. The molecule has 8 heteroatoms. The predicted molar refractivity (Wildman–Crippen MR) is 113 cm³/mol. The number of aryl methyl sites for hydroxylation is 1. The second-order valence-corrected chi connectivity index (χ2v) is 7.07. The second kappa shape index (κ2) is 11.0. The van der Waals surface area contributed by atoms with Gasteiger partial charge in [0.2, 0.25) is 0 Å². The number of aliphatic imine (C=N–C) groups is 1. The van der Waals surface area contributed by atoms with Crippen LogP contribution in [0.2, 0.25) is 0 Å². The van der Waals surface area contributed by atoms with Crippen LogP contribution in [0.5, 0.6) is 0 Å². The molecule has 0 aliphatic rings. The molecule has 0 saturated heterocycles. The van der Waals surface area contributed by atoms with Gasteiger partial charge in [0, 0.05) is 42.1 Å². The number of halogens is 3. The van der Waals surface area contributed by atoms with E-state index in [4.69, 9.17) is 0 Å². The van der Waals surface area contributed by atoms with Crippen molar-refractivity contribution in [3.05, 3.63) is 50.1 Å². The van der Waals surface area contributed by atoms with Crippen molar-refractivity contribution in [3.63, 3.8) is 0 Å². The summed E-state index contributed by atoms with van der Waals surface area (Å²) in [6, 6.07) is 4.83. The van der Waals surface area contributed by atoms with Gasteiger partial charge < -0.3 is 10.6 Å². The predicted octanol–water partition coefficient (Wildman–Crippen LogP) is 4.13. The number of thiazole rings is 1. The van der Waals surface area contributed by atoms with E-state index >= 15 is 0 Å². The maximum atomic E-state index is 13.3. The van der Waals surface area contributed by atoms with E-state index in [1.54, 1.807) is 18.4 Å². The zero-order valence-electron chi connectivity index (χ0n) is 13.6. The van der Waals surface area contributed by atoms with Crippen LogP contribution >= 0.6 is 51.2 Å². The Morgan fingerprint density at radius 1 is 1.33 bits per heavy atom. The first-order valence-corrected chi connectivity index (χ1v) is 9.04. The Morgan fingerprint density at radius 3 is 2.75 bits per heavy atom. The lowest BCUT2D eigenvalue weighted by molar-refractivity contribution is 0.623. The van der Waals surface area contributed by atoms with Crippen LogP contribution in [0.3, 0.4) is 0 Å². The molecular formula is C16H21BrFIN4S. The fraction of sp³-hybridized carbons (Fsp3) is 0.375. The first-order chi connectivity index (χ1) is 11.1. The van der Waals surface area contributed by atoms with Crippen LogP contribution < -0.4 is 10.6 Å². The van der Waals surface area contributed by atoms with Crippen LogP contribution in [0, 0.1) is 5.82 Å². The zero-order chi connectivity index (χ0) is 16.7. The van der Waals surface area contributed by atoms with Gasteiger partial charge in [-0.2, -0.15) is 0 Å². The SMILES string of the molecule is CCc1cnc(CCNC(=NC)NCc2cc(F)cc(Br)c2)s1.I. The Morgan fingerprint density at radius 2 is 2.12 bits per heavy atom. The van der Waals surface area contributed by atoms with Crippen molar-refractivity contribution in [2.45, 2.75) is 26.3 Å². The van der Waals surface area contributed by atoms with Crippen LogP contribution in [-0.4, -0.2) is 24.5 Å². The second-order valence-electron chi connectivity index (χ2n) is 4.95. The van der Waals surface area contributed by atoms with Crippen LogP contribution in [0.15, 0.2) is 33.9 Å². The van der Waals surface area contributed by atoms with Gasteiger partial charge in [0.05, 0.1) is 5.01 Å². The van der Waals surface area contributed by atoms with Gasteiger partial charge in [0.15, 0.2) is 5.96 Å². The van der Waals surface area contributed by atoms with Crippen LogP contribution in [-0.2, 0) is 19.4 Å². The lowest BCUT2D eigenvalue weighted by atomic mass is 10.2. The molecule has 0 amide bonds. The Hall–Kier alpha value is -0.740. The molecule has 2 N–H and O–H groups in total. The third-order valence-electron chi connectivity index (χ3n) is 3.19. The van der Waals surface area contributed by atoms with Crippen molar-refractivity contribution in [2.24, 2.45) is 4.99 Å². The molecule has 4 nitrogen and oxygen atoms in total. The summed E-state index contributed by atoms with van der Waals surface area (Å²) in [6.07, 6.45) is 3.82. The lowest BCUT2D eigenvalue weighted by Gasteiger charge is -2.11. The average Bonchev–Trinajstić information content (AvgIpc) is 2.97. The summed E-state index contributed by atoms with van der Waals surface area (Å²) in [6.45, 7) is 3.39. The fourth-order valence-corrected chi connectivity index (χ4v) is 3.41. The highest BCUT2D eigenvalue weighted by Gasteiger charge is 2.03. The molecule has 0 bridgehead atoms. The van der Waals surface area contributed by atoms with Crippen LogP contribution in [0.1, 0.15) is 22.4 Å². The summed E-state index contributed by atoms with van der Waals surface area (Å²) in [5.74, 6) is 0.437.